The van der Waals surface area contributed by atoms with E-state index >= 15 is 0 Å². The molecule has 0 aliphatic rings. The molecule has 0 aromatic heterocycles. The summed E-state index contributed by atoms with van der Waals surface area (Å²) in [4.78, 5) is 249. The SMILES string of the molecule is CC(CSCCC(=O)OCC(COCC(COC(=O)CCSCC(C)C(=O)OCCOP(=O)(O)O)(COC(=O)CCSCC(C)C(=O)OCCOP(=O)(O)O)COC(=O)CCSCC(C)C(=O)OCCOP(=O)(O)O)(COC(=O)CCSCC(C)C(=O)OCCOP(=O)(O)O)COC(=O)CCSCC(C)C(=O)OCCOP(=O)(O)O)C(=O)NC(C)(C)CS(=O)(=O)O. The molecule has 0 fully saturated rings. The fraction of sp³-hybridized carbons (Fsp3) is 0.818. The molecule has 0 spiro atoms. The lowest BCUT2D eigenvalue weighted by Gasteiger charge is -2.35. The van der Waals surface area contributed by atoms with E-state index in [2.05, 4.69) is 27.9 Å². The van der Waals surface area contributed by atoms with Gasteiger partial charge in [-0.15, -0.1) is 0 Å². The minimum atomic E-state index is -4.88. The number of hydrogen-bond acceptors (Lipinski definition) is 42. The van der Waals surface area contributed by atoms with Crippen LogP contribution in [0.3, 0.4) is 0 Å². The molecule has 0 heterocycles. The highest BCUT2D eigenvalue weighted by molar-refractivity contribution is 8.00. The molecule has 0 saturated carbocycles. The van der Waals surface area contributed by atoms with E-state index in [4.69, 9.17) is 106 Å². The summed E-state index contributed by atoms with van der Waals surface area (Å²) in [7, 11) is -28.9. The van der Waals surface area contributed by atoms with E-state index < -0.39 is 336 Å². The van der Waals surface area contributed by atoms with Crippen molar-refractivity contribution in [1.82, 2.24) is 5.32 Å². The van der Waals surface area contributed by atoms with E-state index in [1.165, 1.54) is 55.4 Å². The van der Waals surface area contributed by atoms with Gasteiger partial charge in [0.25, 0.3) is 10.1 Å². The molecule has 48 nitrogen and oxygen atoms in total. The maximum Gasteiger partial charge on any atom is 0.469 e. The fourth-order valence-corrected chi connectivity index (χ4v) is 17.2. The molecular formula is C66H116NO47P5S7. The number of nitrogens with one attached hydrogen (secondary N) is 1. The zero-order valence-electron chi connectivity index (χ0n) is 70.3. The van der Waals surface area contributed by atoms with Crippen LogP contribution in [0, 0.1) is 46.3 Å². The third kappa shape index (κ3) is 69.1. The van der Waals surface area contributed by atoms with Crippen molar-refractivity contribution in [2.24, 2.45) is 46.3 Å². The summed E-state index contributed by atoms with van der Waals surface area (Å²) < 4.78 is 176. The van der Waals surface area contributed by atoms with E-state index in [1.54, 1.807) is 0 Å². The van der Waals surface area contributed by atoms with Crippen LogP contribution in [0.2, 0.25) is 0 Å². The van der Waals surface area contributed by atoms with Crippen LogP contribution in [0.25, 0.3) is 0 Å². The number of phosphoric ester groups is 5. The summed E-state index contributed by atoms with van der Waals surface area (Å²) in [5.74, 6) is -16.2. The monoisotopic (exact) mass is 2050 g/mol. The maximum absolute atomic E-state index is 13.9. The molecule has 0 saturated heterocycles. The van der Waals surface area contributed by atoms with Gasteiger partial charge in [-0.2, -0.15) is 79.0 Å². The smallest absolute Gasteiger partial charge is 0.465 e. The maximum atomic E-state index is 13.9. The Hall–Kier alpha value is -3.84. The minimum absolute atomic E-state index is 0.0285. The van der Waals surface area contributed by atoms with Gasteiger partial charge in [0.05, 0.1) is 136 Å². The van der Waals surface area contributed by atoms with Gasteiger partial charge in [-0.3, -0.25) is 84.7 Å². The number of hydrogen-bond donors (Lipinski definition) is 12. The van der Waals surface area contributed by atoms with Crippen LogP contribution in [0.1, 0.15) is 93.9 Å². The van der Waals surface area contributed by atoms with Crippen molar-refractivity contribution < 1.29 is 222 Å². The average molecular weight is 2050 g/mol. The Kier molecular flexibility index (Phi) is 62.2. The third-order valence-corrected chi connectivity index (χ3v) is 26.4. The van der Waals surface area contributed by atoms with E-state index in [-0.39, 0.29) is 69.0 Å². The zero-order valence-corrected chi connectivity index (χ0v) is 80.5. The first-order valence-electron chi connectivity index (χ1n) is 37.9. The number of amides is 1. The third-order valence-electron chi connectivity index (χ3n) is 15.4. The van der Waals surface area contributed by atoms with Crippen LogP contribution in [0.15, 0.2) is 0 Å². The zero-order chi connectivity index (χ0) is 96.0. The fourth-order valence-electron chi connectivity index (χ4n) is 8.88. The highest BCUT2D eigenvalue weighted by Crippen LogP contribution is 2.39. The van der Waals surface area contributed by atoms with Crippen LogP contribution in [-0.4, -0.2) is 333 Å². The quantitative estimate of drug-likeness (QED) is 0.0137. The highest BCUT2D eigenvalue weighted by atomic mass is 32.2. The van der Waals surface area contributed by atoms with Crippen LogP contribution in [-0.2, 0) is 170 Å². The van der Waals surface area contributed by atoms with Gasteiger partial charge < -0.3 is 111 Å². The topological polar surface area (TPSA) is 716 Å². The van der Waals surface area contributed by atoms with E-state index in [0.29, 0.717) is 0 Å². The summed E-state index contributed by atoms with van der Waals surface area (Å²) in [5, 5.41) is 2.54. The molecule has 6 atom stereocenters. The second kappa shape index (κ2) is 64.1. The Morgan fingerprint density at radius 2 is 0.484 bits per heavy atom. The molecule has 734 valence electrons. The van der Waals surface area contributed by atoms with Gasteiger partial charge in [0.1, 0.15) is 72.7 Å². The van der Waals surface area contributed by atoms with E-state index in [0.717, 1.165) is 70.6 Å². The summed E-state index contributed by atoms with van der Waals surface area (Å²) in [5.41, 5.74) is -5.46. The first-order chi connectivity index (χ1) is 58.3. The highest BCUT2D eigenvalue weighted by Gasteiger charge is 2.42. The summed E-state index contributed by atoms with van der Waals surface area (Å²) >= 11 is 6.40. The van der Waals surface area contributed by atoms with Gasteiger partial charge in [-0.25, -0.2) is 22.8 Å². The lowest BCUT2D eigenvalue weighted by Crippen LogP contribution is -2.50. The largest absolute Gasteiger partial charge is 0.469 e. The number of thioether (sulfide) groups is 6. The molecule has 1 amide bonds. The average Bonchev–Trinajstić information content (AvgIpc) is 0.765. The molecule has 0 aromatic rings. The lowest BCUT2D eigenvalue weighted by atomic mass is 9.90. The number of rotatable bonds is 75. The van der Waals surface area contributed by atoms with Crippen LogP contribution >= 0.6 is 110 Å². The molecule has 0 aliphatic carbocycles. The molecule has 6 unspecified atom stereocenters. The van der Waals surface area contributed by atoms with Gasteiger partial charge in [0.2, 0.25) is 5.91 Å². The van der Waals surface area contributed by atoms with E-state index in [9.17, 15) is 93.3 Å². The first-order valence-corrected chi connectivity index (χ1v) is 54.1. The summed E-state index contributed by atoms with van der Waals surface area (Å²) in [6.07, 6.45) is -2.43. The molecular weight excluding hydrogens is 1940 g/mol. The van der Waals surface area contributed by atoms with Crippen molar-refractivity contribution in [3.8, 4) is 0 Å². The van der Waals surface area contributed by atoms with Crippen molar-refractivity contribution in [2.45, 2.75) is 99.5 Å². The number of carbonyl (C=O) groups excluding carboxylic acids is 12. The van der Waals surface area contributed by atoms with Crippen LogP contribution in [0.4, 0.5) is 0 Å². The first kappa shape index (κ1) is 122. The second-order valence-electron chi connectivity index (χ2n) is 28.4. The Morgan fingerprint density at radius 3 is 0.659 bits per heavy atom. The van der Waals surface area contributed by atoms with Crippen molar-refractivity contribution in [3.05, 3.63) is 0 Å². The van der Waals surface area contributed by atoms with Crippen LogP contribution < -0.4 is 5.32 Å². The van der Waals surface area contributed by atoms with Gasteiger partial charge in [0, 0.05) is 75.0 Å². The van der Waals surface area contributed by atoms with Crippen molar-refractivity contribution >= 4 is 191 Å². The minimum Gasteiger partial charge on any atom is -0.465 e. The normalized spacial score (nSPS) is 14.7. The lowest BCUT2D eigenvalue weighted by molar-refractivity contribution is -0.175. The number of phosphoric acid groups is 5. The Balaban J connectivity index is 8.05. The molecule has 12 N–H and O–H groups in total. The summed E-state index contributed by atoms with van der Waals surface area (Å²) in [6, 6.07) is 0. The predicted molar refractivity (Wildman–Crippen MR) is 451 cm³/mol. The molecule has 126 heavy (non-hydrogen) atoms. The number of ether oxygens (including phenoxy) is 12. The molecule has 0 rings (SSSR count). The summed E-state index contributed by atoms with van der Waals surface area (Å²) in [6.45, 7) is -1.04. The van der Waals surface area contributed by atoms with Crippen molar-refractivity contribution in [1.29, 1.82) is 0 Å². The Labute approximate surface area is 753 Å². The van der Waals surface area contributed by atoms with Crippen LogP contribution in [0.5, 0.6) is 0 Å². The molecule has 0 aromatic carbocycles. The Bertz CT molecular complexity index is 3480. The van der Waals surface area contributed by atoms with Crippen molar-refractivity contribution in [3.63, 3.8) is 0 Å². The predicted octanol–water partition coefficient (Wildman–Crippen LogP) is 2.84. The second-order valence-corrected chi connectivity index (χ2v) is 42.9. The van der Waals surface area contributed by atoms with E-state index in [1.807, 2.05) is 0 Å². The number of esters is 11. The van der Waals surface area contributed by atoms with Gasteiger partial charge in [-0.05, 0) is 13.8 Å². The molecule has 0 bridgehead atoms. The molecule has 0 radical (unpaired) electrons. The Morgan fingerprint density at radius 1 is 0.302 bits per heavy atom. The number of carbonyl (C=O) groups is 12. The standard InChI is InChI=1S/C66H116NO47P5S7/c1-46(58(74)67-64(7,8)45-126(95,96)97)31-120-25-9-52(68)104-39-65(40-105-53(69)10-26-121-32-47(2)59(75)99-15-20-110-115(80,81)82,41-106-54(70)11-27-122-33-48(3)60(76)100-16-21-111-116(83,84)85)37-98-38-66(42-107-55(71)12-28-123-34-49(4)61(77)101-17-22-112-117(86,87)88,43-108-56(72)13-29-124-35-50(5)62(78)102-18-23-113-118(89,90)91)44-109-57(73)14-30-125-36-51(6)63(79)103-19-24-114-119(92,93)94/h46-51H,9-45H2,1-8H3,(H,67,74)(H2,80,81,82)(H2,83,84,85)(H2,86,87,88)(H2,89,90,91)(H2,92,93,94)(H,95,96,97). The van der Waals surface area contributed by atoms with Gasteiger partial charge in [0.15, 0.2) is 0 Å². The molecule has 0 aliphatic heterocycles. The van der Waals surface area contributed by atoms with Gasteiger partial charge in [-0.1, -0.05) is 41.5 Å². The van der Waals surface area contributed by atoms with Crippen molar-refractivity contribution in [2.75, 3.05) is 194 Å². The molecule has 60 heteroatoms. The van der Waals surface area contributed by atoms with Gasteiger partial charge >= 0.3 is 105 Å².